The lowest BCUT2D eigenvalue weighted by Gasteiger charge is -2.27. The SMILES string of the molecule is O=C(Nc1cc(N2CCOCC2)ncn1)c1ccc(F)cc1F. The molecule has 1 aliphatic heterocycles. The fourth-order valence-electron chi connectivity index (χ4n) is 2.24. The van der Waals surface area contributed by atoms with E-state index in [2.05, 4.69) is 15.3 Å². The zero-order valence-corrected chi connectivity index (χ0v) is 12.1. The zero-order chi connectivity index (χ0) is 16.2. The van der Waals surface area contributed by atoms with Gasteiger partial charge in [0.15, 0.2) is 0 Å². The Kier molecular flexibility index (Phi) is 4.42. The molecule has 2 aromatic rings. The number of nitrogens with one attached hydrogen (secondary N) is 1. The van der Waals surface area contributed by atoms with Crippen molar-refractivity contribution in [3.63, 3.8) is 0 Å². The van der Waals surface area contributed by atoms with Crippen molar-refractivity contribution >= 4 is 17.5 Å². The van der Waals surface area contributed by atoms with E-state index in [4.69, 9.17) is 4.74 Å². The fourth-order valence-corrected chi connectivity index (χ4v) is 2.24. The van der Waals surface area contributed by atoms with Crippen LogP contribution in [-0.4, -0.2) is 42.2 Å². The normalized spacial score (nSPS) is 14.6. The van der Waals surface area contributed by atoms with Gasteiger partial charge in [0.05, 0.1) is 18.8 Å². The summed E-state index contributed by atoms with van der Waals surface area (Å²) in [6.45, 7) is 2.59. The van der Waals surface area contributed by atoms with Crippen LogP contribution in [-0.2, 0) is 4.74 Å². The van der Waals surface area contributed by atoms with Crippen molar-refractivity contribution in [2.45, 2.75) is 0 Å². The number of carbonyl (C=O) groups excluding carboxylic acids is 1. The predicted octanol–water partition coefficient (Wildman–Crippen LogP) is 1.84. The van der Waals surface area contributed by atoms with Gasteiger partial charge >= 0.3 is 0 Å². The molecule has 3 rings (SSSR count). The van der Waals surface area contributed by atoms with Crippen LogP contribution in [0.4, 0.5) is 20.4 Å². The van der Waals surface area contributed by atoms with E-state index in [1.807, 2.05) is 4.90 Å². The van der Waals surface area contributed by atoms with Gasteiger partial charge in [-0.15, -0.1) is 0 Å². The van der Waals surface area contributed by atoms with Crippen molar-refractivity contribution in [2.75, 3.05) is 36.5 Å². The average Bonchev–Trinajstić information content (AvgIpc) is 2.56. The highest BCUT2D eigenvalue weighted by Gasteiger charge is 2.16. The van der Waals surface area contributed by atoms with E-state index in [0.717, 1.165) is 12.1 Å². The van der Waals surface area contributed by atoms with Crippen LogP contribution >= 0.6 is 0 Å². The van der Waals surface area contributed by atoms with E-state index in [1.54, 1.807) is 6.07 Å². The second-order valence-corrected chi connectivity index (χ2v) is 4.94. The summed E-state index contributed by atoms with van der Waals surface area (Å²) in [6, 6.07) is 4.37. The highest BCUT2D eigenvalue weighted by molar-refractivity contribution is 6.04. The van der Waals surface area contributed by atoms with Gasteiger partial charge < -0.3 is 15.0 Å². The Morgan fingerprint density at radius 2 is 1.96 bits per heavy atom. The lowest BCUT2D eigenvalue weighted by Crippen LogP contribution is -2.36. The molecular formula is C15H14F2N4O2. The van der Waals surface area contributed by atoms with E-state index in [-0.39, 0.29) is 11.4 Å². The Morgan fingerprint density at radius 1 is 1.17 bits per heavy atom. The molecule has 0 bridgehead atoms. The number of ether oxygens (including phenoxy) is 1. The number of anilines is 2. The standard InChI is InChI=1S/C15H14F2N4O2/c16-10-1-2-11(12(17)7-10)15(22)20-13-8-14(19-9-18-13)21-3-5-23-6-4-21/h1-2,7-9H,3-6H2,(H,18,19,20,22). The summed E-state index contributed by atoms with van der Waals surface area (Å²) in [5.74, 6) is -1.47. The Balaban J connectivity index is 1.75. The highest BCUT2D eigenvalue weighted by Crippen LogP contribution is 2.17. The minimum absolute atomic E-state index is 0.246. The Labute approximate surface area is 131 Å². The van der Waals surface area contributed by atoms with Crippen molar-refractivity contribution in [3.05, 3.63) is 47.8 Å². The number of benzene rings is 1. The van der Waals surface area contributed by atoms with Crippen LogP contribution < -0.4 is 10.2 Å². The molecule has 1 saturated heterocycles. The third-order valence-electron chi connectivity index (χ3n) is 3.41. The maximum atomic E-state index is 13.6. The Morgan fingerprint density at radius 3 is 2.70 bits per heavy atom. The molecule has 6 nitrogen and oxygen atoms in total. The second-order valence-electron chi connectivity index (χ2n) is 4.94. The molecule has 0 aliphatic carbocycles. The van der Waals surface area contributed by atoms with Gasteiger partial charge in [-0.3, -0.25) is 4.79 Å². The van der Waals surface area contributed by atoms with Crippen LogP contribution in [0.2, 0.25) is 0 Å². The largest absolute Gasteiger partial charge is 0.378 e. The monoisotopic (exact) mass is 320 g/mol. The summed E-state index contributed by atoms with van der Waals surface area (Å²) in [5, 5.41) is 2.49. The average molecular weight is 320 g/mol. The van der Waals surface area contributed by atoms with Crippen LogP contribution in [0.25, 0.3) is 0 Å². The summed E-state index contributed by atoms with van der Waals surface area (Å²) < 4.78 is 31.8. The van der Waals surface area contributed by atoms with Gasteiger partial charge in [-0.1, -0.05) is 0 Å². The lowest BCUT2D eigenvalue weighted by molar-refractivity contribution is 0.102. The smallest absolute Gasteiger partial charge is 0.259 e. The molecule has 1 aromatic heterocycles. The predicted molar refractivity (Wildman–Crippen MR) is 79.4 cm³/mol. The van der Waals surface area contributed by atoms with Gasteiger partial charge in [0.2, 0.25) is 0 Å². The van der Waals surface area contributed by atoms with Gasteiger partial charge in [-0.2, -0.15) is 0 Å². The fraction of sp³-hybridized carbons (Fsp3) is 0.267. The van der Waals surface area contributed by atoms with Gasteiger partial charge in [0.25, 0.3) is 5.91 Å². The molecule has 0 unspecified atom stereocenters. The number of amides is 1. The topological polar surface area (TPSA) is 67.4 Å². The van der Waals surface area contributed by atoms with Gasteiger partial charge in [0, 0.05) is 25.2 Å². The summed E-state index contributed by atoms with van der Waals surface area (Å²) in [6.07, 6.45) is 1.32. The summed E-state index contributed by atoms with van der Waals surface area (Å²) in [5.41, 5.74) is -0.252. The highest BCUT2D eigenvalue weighted by atomic mass is 19.1. The number of rotatable bonds is 3. The van der Waals surface area contributed by atoms with Crippen LogP contribution in [0, 0.1) is 11.6 Å². The molecule has 1 N–H and O–H groups in total. The van der Waals surface area contributed by atoms with Crippen LogP contribution in [0.5, 0.6) is 0 Å². The first-order valence-electron chi connectivity index (χ1n) is 7.04. The lowest BCUT2D eigenvalue weighted by atomic mass is 10.2. The first-order valence-corrected chi connectivity index (χ1v) is 7.04. The van der Waals surface area contributed by atoms with Crippen LogP contribution in [0.1, 0.15) is 10.4 Å². The van der Waals surface area contributed by atoms with Crippen LogP contribution in [0.15, 0.2) is 30.6 Å². The molecule has 1 amide bonds. The van der Waals surface area contributed by atoms with E-state index in [1.165, 1.54) is 6.33 Å². The number of carbonyl (C=O) groups is 1. The molecule has 0 spiro atoms. The number of hydrogen-bond acceptors (Lipinski definition) is 5. The molecule has 1 fully saturated rings. The summed E-state index contributed by atoms with van der Waals surface area (Å²) >= 11 is 0. The molecule has 23 heavy (non-hydrogen) atoms. The maximum Gasteiger partial charge on any atom is 0.259 e. The third kappa shape index (κ3) is 3.59. The first kappa shape index (κ1) is 15.3. The summed E-state index contributed by atoms with van der Waals surface area (Å²) in [7, 11) is 0. The molecule has 2 heterocycles. The van der Waals surface area contributed by atoms with Crippen molar-refractivity contribution in [2.24, 2.45) is 0 Å². The van der Waals surface area contributed by atoms with E-state index in [9.17, 15) is 13.6 Å². The van der Waals surface area contributed by atoms with Gasteiger partial charge in [-0.25, -0.2) is 18.7 Å². The van der Waals surface area contributed by atoms with Crippen molar-refractivity contribution in [3.8, 4) is 0 Å². The summed E-state index contributed by atoms with van der Waals surface area (Å²) in [4.78, 5) is 22.2. The molecule has 0 atom stereocenters. The number of hydrogen-bond donors (Lipinski definition) is 1. The minimum atomic E-state index is -0.926. The molecule has 120 valence electrons. The molecular weight excluding hydrogens is 306 g/mol. The molecule has 1 aromatic carbocycles. The minimum Gasteiger partial charge on any atom is -0.378 e. The van der Waals surface area contributed by atoms with Crippen molar-refractivity contribution in [1.82, 2.24) is 9.97 Å². The Hall–Kier alpha value is -2.61. The maximum absolute atomic E-state index is 13.6. The molecule has 8 heteroatoms. The number of morpholine rings is 1. The number of aromatic nitrogens is 2. The van der Waals surface area contributed by atoms with Crippen molar-refractivity contribution in [1.29, 1.82) is 0 Å². The molecule has 1 aliphatic rings. The van der Waals surface area contributed by atoms with E-state index < -0.39 is 17.5 Å². The Bertz CT molecular complexity index is 720. The van der Waals surface area contributed by atoms with Crippen LogP contribution in [0.3, 0.4) is 0 Å². The van der Waals surface area contributed by atoms with Gasteiger partial charge in [-0.05, 0) is 12.1 Å². The van der Waals surface area contributed by atoms with Crippen molar-refractivity contribution < 1.29 is 18.3 Å². The van der Waals surface area contributed by atoms with Gasteiger partial charge in [0.1, 0.15) is 29.6 Å². The van der Waals surface area contributed by atoms with E-state index >= 15 is 0 Å². The second kappa shape index (κ2) is 6.66. The first-order chi connectivity index (χ1) is 11.1. The number of halogens is 2. The zero-order valence-electron chi connectivity index (χ0n) is 12.1. The third-order valence-corrected chi connectivity index (χ3v) is 3.41. The quantitative estimate of drug-likeness (QED) is 0.935. The number of nitrogens with zero attached hydrogens (tertiary/aromatic N) is 3. The molecule has 0 saturated carbocycles. The van der Waals surface area contributed by atoms with E-state index in [0.29, 0.717) is 38.2 Å². The molecule has 0 radical (unpaired) electrons.